The van der Waals surface area contributed by atoms with Crippen LogP contribution in [0.3, 0.4) is 0 Å². The molecule has 1 amide bonds. The van der Waals surface area contributed by atoms with Gasteiger partial charge in [-0.15, -0.1) is 0 Å². The van der Waals surface area contributed by atoms with E-state index in [-0.39, 0.29) is 18.3 Å². The monoisotopic (exact) mass is 498 g/mol. The van der Waals surface area contributed by atoms with Crippen LogP contribution in [0.4, 0.5) is 0 Å². The normalized spacial score (nSPS) is 10.9. The molecule has 0 saturated heterocycles. The van der Waals surface area contributed by atoms with Crippen molar-refractivity contribution in [2.75, 3.05) is 13.2 Å². The van der Waals surface area contributed by atoms with Crippen molar-refractivity contribution in [3.63, 3.8) is 0 Å². The third-order valence-corrected chi connectivity index (χ3v) is 5.71. The Morgan fingerprint density at radius 1 is 1.19 bits per heavy atom. The van der Waals surface area contributed by atoms with Crippen LogP contribution in [0.25, 0.3) is 0 Å². The predicted molar refractivity (Wildman–Crippen MR) is 112 cm³/mol. The molecule has 0 aliphatic rings. The van der Waals surface area contributed by atoms with Crippen molar-refractivity contribution in [3.05, 3.63) is 49.9 Å². The standard InChI is InChI=1S/C19H20Br2N2O4/c1-4-26-15-8-13(17(20)18(21)19(15)25)9-22-23-16(24)10-27-14-6-5-11(2)7-12(14)3/h5-9,25H,4,10H2,1-3H3,(H,23,24). The molecule has 0 aliphatic carbocycles. The van der Waals surface area contributed by atoms with Crippen molar-refractivity contribution in [2.45, 2.75) is 20.8 Å². The number of carbonyl (C=O) groups is 1. The van der Waals surface area contributed by atoms with Crippen LogP contribution >= 0.6 is 31.9 Å². The molecule has 0 saturated carbocycles. The number of aromatic hydroxyl groups is 1. The lowest BCUT2D eigenvalue weighted by molar-refractivity contribution is -0.123. The molecule has 0 atom stereocenters. The summed E-state index contributed by atoms with van der Waals surface area (Å²) in [6.07, 6.45) is 1.45. The van der Waals surface area contributed by atoms with Crippen LogP contribution in [-0.4, -0.2) is 30.4 Å². The third kappa shape index (κ3) is 5.71. The molecule has 2 N–H and O–H groups in total. The molecule has 144 valence electrons. The van der Waals surface area contributed by atoms with Gasteiger partial charge in [0.25, 0.3) is 5.91 Å². The first kappa shape index (κ1) is 21.2. The van der Waals surface area contributed by atoms with Crippen LogP contribution < -0.4 is 14.9 Å². The van der Waals surface area contributed by atoms with Gasteiger partial charge in [0.2, 0.25) is 0 Å². The van der Waals surface area contributed by atoms with Crippen LogP contribution in [0.2, 0.25) is 0 Å². The zero-order valence-corrected chi connectivity index (χ0v) is 18.3. The average Bonchev–Trinajstić information content (AvgIpc) is 2.63. The van der Waals surface area contributed by atoms with E-state index in [0.717, 1.165) is 11.1 Å². The molecular formula is C19H20Br2N2O4. The van der Waals surface area contributed by atoms with Crippen molar-refractivity contribution < 1.29 is 19.4 Å². The fourth-order valence-electron chi connectivity index (χ4n) is 2.28. The zero-order chi connectivity index (χ0) is 20.0. The lowest BCUT2D eigenvalue weighted by Gasteiger charge is -2.11. The Kier molecular flexibility index (Phi) is 7.67. The molecule has 0 fully saturated rings. The molecule has 0 radical (unpaired) electrons. The van der Waals surface area contributed by atoms with Crippen LogP contribution in [0.1, 0.15) is 23.6 Å². The number of amides is 1. The predicted octanol–water partition coefficient (Wildman–Crippen LogP) is 4.46. The molecule has 2 aromatic carbocycles. The number of ether oxygens (including phenoxy) is 2. The van der Waals surface area contributed by atoms with E-state index in [9.17, 15) is 9.90 Å². The van der Waals surface area contributed by atoms with Crippen molar-refractivity contribution in [2.24, 2.45) is 5.10 Å². The molecule has 0 aromatic heterocycles. The minimum Gasteiger partial charge on any atom is -0.503 e. The highest BCUT2D eigenvalue weighted by molar-refractivity contribution is 9.13. The first-order valence-corrected chi connectivity index (χ1v) is 9.77. The smallest absolute Gasteiger partial charge is 0.277 e. The lowest BCUT2D eigenvalue weighted by Crippen LogP contribution is -2.24. The summed E-state index contributed by atoms with van der Waals surface area (Å²) in [6.45, 7) is 6.00. The van der Waals surface area contributed by atoms with Gasteiger partial charge in [0.15, 0.2) is 18.1 Å². The van der Waals surface area contributed by atoms with Crippen LogP contribution in [0, 0.1) is 13.8 Å². The fourth-order valence-corrected chi connectivity index (χ4v) is 3.11. The Bertz CT molecular complexity index is 869. The number of hydrogen-bond donors (Lipinski definition) is 2. The highest BCUT2D eigenvalue weighted by Gasteiger charge is 2.14. The van der Waals surface area contributed by atoms with Gasteiger partial charge >= 0.3 is 0 Å². The Morgan fingerprint density at radius 3 is 2.59 bits per heavy atom. The molecule has 0 spiro atoms. The summed E-state index contributed by atoms with van der Waals surface area (Å²) in [5, 5.41) is 14.0. The Hall–Kier alpha value is -2.06. The van der Waals surface area contributed by atoms with Crippen LogP contribution in [0.5, 0.6) is 17.2 Å². The Morgan fingerprint density at radius 2 is 1.93 bits per heavy atom. The van der Waals surface area contributed by atoms with Crippen LogP contribution in [0.15, 0.2) is 38.3 Å². The first-order chi connectivity index (χ1) is 12.8. The van der Waals surface area contributed by atoms with Crippen molar-refractivity contribution in [1.29, 1.82) is 0 Å². The van der Waals surface area contributed by atoms with E-state index in [4.69, 9.17) is 9.47 Å². The Labute approximate surface area is 174 Å². The second-order valence-electron chi connectivity index (χ2n) is 5.72. The van der Waals surface area contributed by atoms with E-state index in [0.29, 0.717) is 32.6 Å². The minimum absolute atomic E-state index is 0.00761. The number of halogens is 2. The van der Waals surface area contributed by atoms with E-state index in [2.05, 4.69) is 42.4 Å². The van der Waals surface area contributed by atoms with E-state index < -0.39 is 0 Å². The van der Waals surface area contributed by atoms with Crippen molar-refractivity contribution in [1.82, 2.24) is 5.43 Å². The third-order valence-electron chi connectivity index (χ3n) is 3.56. The number of phenols is 1. The maximum atomic E-state index is 11.9. The summed E-state index contributed by atoms with van der Waals surface area (Å²) in [5.41, 5.74) is 5.13. The number of benzene rings is 2. The second kappa shape index (κ2) is 9.75. The minimum atomic E-state index is -0.384. The van der Waals surface area contributed by atoms with E-state index >= 15 is 0 Å². The summed E-state index contributed by atoms with van der Waals surface area (Å²) < 4.78 is 11.9. The SMILES string of the molecule is CCOc1cc(C=NNC(=O)COc2ccc(C)cc2C)c(Br)c(Br)c1O. The molecule has 0 aliphatic heterocycles. The molecule has 0 unspecified atom stereocenters. The highest BCUT2D eigenvalue weighted by Crippen LogP contribution is 2.41. The average molecular weight is 500 g/mol. The lowest BCUT2D eigenvalue weighted by atomic mass is 10.1. The number of aryl methyl sites for hydroxylation is 2. The first-order valence-electron chi connectivity index (χ1n) is 8.19. The molecule has 27 heavy (non-hydrogen) atoms. The number of nitrogens with zero attached hydrogens (tertiary/aromatic N) is 1. The number of rotatable bonds is 7. The van der Waals surface area contributed by atoms with E-state index in [1.54, 1.807) is 6.07 Å². The number of phenolic OH excluding ortho intramolecular Hbond substituents is 1. The van der Waals surface area contributed by atoms with E-state index in [1.807, 2.05) is 39.0 Å². The van der Waals surface area contributed by atoms with Gasteiger partial charge in [-0.3, -0.25) is 4.79 Å². The maximum absolute atomic E-state index is 11.9. The summed E-state index contributed by atoms with van der Waals surface area (Å²) in [5.74, 6) is 0.585. The van der Waals surface area contributed by atoms with Crippen molar-refractivity contribution >= 4 is 44.0 Å². The molecule has 2 rings (SSSR count). The molecule has 0 bridgehead atoms. The quantitative estimate of drug-likeness (QED) is 0.435. The second-order valence-corrected chi connectivity index (χ2v) is 7.31. The van der Waals surface area contributed by atoms with Gasteiger partial charge < -0.3 is 14.6 Å². The van der Waals surface area contributed by atoms with Crippen LogP contribution in [-0.2, 0) is 4.79 Å². The van der Waals surface area contributed by atoms with Gasteiger partial charge in [0.05, 0.1) is 17.3 Å². The van der Waals surface area contributed by atoms with Crippen molar-refractivity contribution in [3.8, 4) is 17.2 Å². The van der Waals surface area contributed by atoms with E-state index in [1.165, 1.54) is 6.21 Å². The van der Waals surface area contributed by atoms with Gasteiger partial charge in [0, 0.05) is 10.0 Å². The van der Waals surface area contributed by atoms with Gasteiger partial charge in [0.1, 0.15) is 5.75 Å². The van der Waals surface area contributed by atoms with Gasteiger partial charge in [-0.1, -0.05) is 17.7 Å². The fraction of sp³-hybridized carbons (Fsp3) is 0.263. The van der Waals surface area contributed by atoms with Gasteiger partial charge in [-0.25, -0.2) is 5.43 Å². The summed E-state index contributed by atoms with van der Waals surface area (Å²) in [7, 11) is 0. The molecular weight excluding hydrogens is 480 g/mol. The topological polar surface area (TPSA) is 80.2 Å². The highest BCUT2D eigenvalue weighted by atomic mass is 79.9. The summed E-state index contributed by atoms with van der Waals surface area (Å²) >= 11 is 6.66. The summed E-state index contributed by atoms with van der Waals surface area (Å²) in [4.78, 5) is 11.9. The molecule has 0 heterocycles. The molecule has 8 heteroatoms. The molecule has 6 nitrogen and oxygen atoms in total. The largest absolute Gasteiger partial charge is 0.503 e. The number of nitrogens with one attached hydrogen (secondary N) is 1. The maximum Gasteiger partial charge on any atom is 0.277 e. The summed E-state index contributed by atoms with van der Waals surface area (Å²) in [6, 6.07) is 7.37. The zero-order valence-electron chi connectivity index (χ0n) is 15.2. The number of hydrogen-bond acceptors (Lipinski definition) is 5. The molecule has 2 aromatic rings. The number of hydrazone groups is 1. The Balaban J connectivity index is 1.99. The van der Waals surface area contributed by atoms with Gasteiger partial charge in [-0.05, 0) is 70.3 Å². The number of carbonyl (C=O) groups excluding carboxylic acids is 1. The van der Waals surface area contributed by atoms with Gasteiger partial charge in [-0.2, -0.15) is 5.10 Å².